The molecule has 1 aliphatic heterocycles. The van der Waals surface area contributed by atoms with Gasteiger partial charge in [-0.1, -0.05) is 0 Å². The number of ketones is 1. The molecular formula is C10H13NOS2. The topological polar surface area (TPSA) is 30.0 Å². The van der Waals surface area contributed by atoms with Crippen molar-refractivity contribution in [3.63, 3.8) is 0 Å². The maximum atomic E-state index is 11.7. The molecule has 14 heavy (non-hydrogen) atoms. The number of Topliss-reactive ketones (excluding diaryl/α,β-unsaturated/α-hetero) is 1. The zero-order valence-electron chi connectivity index (χ0n) is 7.94. The van der Waals surface area contributed by atoms with Gasteiger partial charge >= 0.3 is 0 Å². The second-order valence-electron chi connectivity index (χ2n) is 3.56. The molecule has 0 aromatic carbocycles. The van der Waals surface area contributed by atoms with E-state index in [9.17, 15) is 4.79 Å². The lowest BCUT2D eigenvalue weighted by atomic mass is 9.96. The van der Waals surface area contributed by atoms with Crippen molar-refractivity contribution in [2.45, 2.75) is 19.3 Å². The van der Waals surface area contributed by atoms with Crippen LogP contribution in [0.2, 0.25) is 0 Å². The summed E-state index contributed by atoms with van der Waals surface area (Å²) in [4.78, 5) is 12.6. The van der Waals surface area contributed by atoms with Gasteiger partial charge in [0.25, 0.3) is 0 Å². The number of carbonyl (C=O) groups is 1. The Balaban J connectivity index is 1.87. The molecule has 1 fully saturated rings. The van der Waals surface area contributed by atoms with Gasteiger partial charge < -0.3 is 0 Å². The minimum absolute atomic E-state index is 0.282. The third-order valence-corrected chi connectivity index (χ3v) is 4.36. The smallest absolute Gasteiger partial charge is 0.174 e. The molecule has 0 bridgehead atoms. The quantitative estimate of drug-likeness (QED) is 0.744. The molecular weight excluding hydrogens is 214 g/mol. The predicted molar refractivity (Wildman–Crippen MR) is 61.1 cm³/mol. The van der Waals surface area contributed by atoms with Gasteiger partial charge in [-0.2, -0.15) is 11.8 Å². The minimum atomic E-state index is 0.282. The van der Waals surface area contributed by atoms with Gasteiger partial charge in [-0.15, -0.1) is 0 Å². The normalized spacial score (nSPS) is 18.3. The Bertz CT molecular complexity index is 291. The van der Waals surface area contributed by atoms with E-state index in [2.05, 4.69) is 4.37 Å². The summed E-state index contributed by atoms with van der Waals surface area (Å²) in [6.45, 7) is 0. The van der Waals surface area contributed by atoms with E-state index in [-0.39, 0.29) is 5.78 Å². The van der Waals surface area contributed by atoms with Crippen LogP contribution in [0.4, 0.5) is 0 Å². The zero-order chi connectivity index (χ0) is 9.80. The molecule has 0 spiro atoms. The number of rotatable bonds is 3. The molecule has 1 saturated heterocycles. The SMILES string of the molecule is O=C(CC1CCSCC1)c1ccns1. The highest BCUT2D eigenvalue weighted by Gasteiger charge is 2.18. The van der Waals surface area contributed by atoms with Crippen molar-refractivity contribution < 1.29 is 4.79 Å². The highest BCUT2D eigenvalue weighted by atomic mass is 32.2. The molecule has 0 amide bonds. The summed E-state index contributed by atoms with van der Waals surface area (Å²) in [6, 6.07) is 1.82. The van der Waals surface area contributed by atoms with Crippen LogP contribution in [-0.2, 0) is 0 Å². The third kappa shape index (κ3) is 2.58. The lowest BCUT2D eigenvalue weighted by molar-refractivity contribution is 0.0962. The highest BCUT2D eigenvalue weighted by molar-refractivity contribution is 7.99. The standard InChI is InChI=1S/C10H13NOS2/c12-9(10-1-4-11-14-10)7-8-2-5-13-6-3-8/h1,4,8H,2-3,5-7H2. The fourth-order valence-corrected chi connectivity index (χ4v) is 3.42. The molecule has 0 unspecified atom stereocenters. The van der Waals surface area contributed by atoms with Gasteiger partial charge in [-0.05, 0) is 47.9 Å². The second kappa shape index (κ2) is 4.94. The van der Waals surface area contributed by atoms with Crippen LogP contribution >= 0.6 is 23.3 Å². The van der Waals surface area contributed by atoms with Crippen LogP contribution in [0, 0.1) is 5.92 Å². The summed E-state index contributed by atoms with van der Waals surface area (Å²) in [5, 5.41) is 0. The molecule has 1 aromatic rings. The first kappa shape index (κ1) is 10.2. The number of aromatic nitrogens is 1. The van der Waals surface area contributed by atoms with Crippen LogP contribution in [-0.4, -0.2) is 21.7 Å². The first-order valence-electron chi connectivity index (χ1n) is 4.88. The first-order chi connectivity index (χ1) is 6.86. The number of nitrogens with zero attached hydrogens (tertiary/aromatic N) is 1. The number of hydrogen-bond acceptors (Lipinski definition) is 4. The maximum absolute atomic E-state index is 11.7. The molecule has 0 saturated carbocycles. The largest absolute Gasteiger partial charge is 0.293 e. The van der Waals surface area contributed by atoms with Gasteiger partial charge in [0.1, 0.15) is 0 Å². The van der Waals surface area contributed by atoms with Crippen molar-refractivity contribution in [2.75, 3.05) is 11.5 Å². The molecule has 4 heteroatoms. The Morgan fingerprint density at radius 2 is 2.29 bits per heavy atom. The summed E-state index contributed by atoms with van der Waals surface area (Å²) in [5.74, 6) is 3.34. The van der Waals surface area contributed by atoms with E-state index in [1.54, 1.807) is 6.20 Å². The van der Waals surface area contributed by atoms with Gasteiger partial charge in [0.2, 0.25) is 0 Å². The zero-order valence-corrected chi connectivity index (χ0v) is 9.57. The van der Waals surface area contributed by atoms with E-state index in [0.29, 0.717) is 5.92 Å². The van der Waals surface area contributed by atoms with Crippen molar-refractivity contribution in [3.05, 3.63) is 17.1 Å². The predicted octanol–water partition coefficient (Wildman–Crippen LogP) is 2.86. The van der Waals surface area contributed by atoms with E-state index in [0.717, 1.165) is 11.3 Å². The fraction of sp³-hybridized carbons (Fsp3) is 0.600. The van der Waals surface area contributed by atoms with Crippen LogP contribution < -0.4 is 0 Å². The van der Waals surface area contributed by atoms with E-state index in [1.165, 1.54) is 35.9 Å². The average Bonchev–Trinajstić information content (AvgIpc) is 2.72. The highest BCUT2D eigenvalue weighted by Crippen LogP contribution is 2.26. The Morgan fingerprint density at radius 3 is 2.93 bits per heavy atom. The van der Waals surface area contributed by atoms with Crippen LogP contribution in [0.3, 0.4) is 0 Å². The summed E-state index contributed by atoms with van der Waals surface area (Å²) in [7, 11) is 0. The third-order valence-electron chi connectivity index (χ3n) is 2.53. The summed E-state index contributed by atoms with van der Waals surface area (Å²) >= 11 is 3.32. The molecule has 0 aliphatic carbocycles. The van der Waals surface area contributed by atoms with E-state index in [1.807, 2.05) is 17.8 Å². The van der Waals surface area contributed by atoms with Gasteiger partial charge in [0, 0.05) is 12.6 Å². The summed E-state index contributed by atoms with van der Waals surface area (Å²) < 4.78 is 3.95. The van der Waals surface area contributed by atoms with Crippen LogP contribution in [0.5, 0.6) is 0 Å². The van der Waals surface area contributed by atoms with Crippen LogP contribution in [0.15, 0.2) is 12.3 Å². The minimum Gasteiger partial charge on any atom is -0.293 e. The summed E-state index contributed by atoms with van der Waals surface area (Å²) in [5.41, 5.74) is 0. The van der Waals surface area contributed by atoms with E-state index >= 15 is 0 Å². The lowest BCUT2D eigenvalue weighted by Crippen LogP contribution is -2.13. The number of carbonyl (C=O) groups excluding carboxylic acids is 1. The van der Waals surface area contributed by atoms with Crippen molar-refractivity contribution in [3.8, 4) is 0 Å². The van der Waals surface area contributed by atoms with Crippen molar-refractivity contribution in [1.29, 1.82) is 0 Å². The lowest BCUT2D eigenvalue weighted by Gasteiger charge is -2.19. The van der Waals surface area contributed by atoms with E-state index in [4.69, 9.17) is 0 Å². The molecule has 2 nitrogen and oxygen atoms in total. The maximum Gasteiger partial charge on any atom is 0.174 e. The van der Waals surface area contributed by atoms with E-state index < -0.39 is 0 Å². The molecule has 2 rings (SSSR count). The monoisotopic (exact) mass is 227 g/mol. The van der Waals surface area contributed by atoms with Crippen LogP contribution in [0.1, 0.15) is 28.9 Å². The molecule has 0 radical (unpaired) electrons. The Labute approximate surface area is 92.3 Å². The molecule has 1 aromatic heterocycles. The van der Waals surface area contributed by atoms with Gasteiger partial charge in [0.15, 0.2) is 5.78 Å². The Kier molecular flexibility index (Phi) is 3.59. The summed E-state index contributed by atoms with van der Waals surface area (Å²) in [6.07, 6.45) is 4.84. The average molecular weight is 227 g/mol. The van der Waals surface area contributed by atoms with Gasteiger partial charge in [0.05, 0.1) is 4.88 Å². The molecule has 1 aliphatic rings. The molecule has 0 N–H and O–H groups in total. The second-order valence-corrected chi connectivity index (χ2v) is 5.62. The van der Waals surface area contributed by atoms with Crippen molar-refractivity contribution in [1.82, 2.24) is 4.37 Å². The number of thioether (sulfide) groups is 1. The fourth-order valence-electron chi connectivity index (χ4n) is 1.67. The molecule has 2 heterocycles. The van der Waals surface area contributed by atoms with Gasteiger partial charge in [-0.3, -0.25) is 4.79 Å². The van der Waals surface area contributed by atoms with Crippen molar-refractivity contribution >= 4 is 29.1 Å². The van der Waals surface area contributed by atoms with Crippen molar-refractivity contribution in [2.24, 2.45) is 5.92 Å². The van der Waals surface area contributed by atoms with Gasteiger partial charge in [-0.25, -0.2) is 4.37 Å². The molecule has 76 valence electrons. The molecule has 0 atom stereocenters. The van der Waals surface area contributed by atoms with Crippen LogP contribution in [0.25, 0.3) is 0 Å². The Hall–Kier alpha value is -0.350. The Morgan fingerprint density at radius 1 is 1.50 bits per heavy atom. The first-order valence-corrected chi connectivity index (χ1v) is 6.80. The number of hydrogen-bond donors (Lipinski definition) is 0.